The van der Waals surface area contributed by atoms with Crippen molar-refractivity contribution in [3.63, 3.8) is 0 Å². The van der Waals surface area contributed by atoms with Crippen LogP contribution in [0.15, 0.2) is 91.0 Å². The van der Waals surface area contributed by atoms with Crippen LogP contribution in [0.4, 0.5) is 0 Å². The van der Waals surface area contributed by atoms with Gasteiger partial charge in [0.2, 0.25) is 0 Å². The summed E-state index contributed by atoms with van der Waals surface area (Å²) in [5.41, 5.74) is 6.20. The summed E-state index contributed by atoms with van der Waals surface area (Å²) < 4.78 is 3.03. The van der Waals surface area contributed by atoms with E-state index in [1.54, 1.807) is 0 Å². The van der Waals surface area contributed by atoms with Gasteiger partial charge in [-0.1, -0.05) is 24.3 Å². The molecule has 0 saturated carbocycles. The van der Waals surface area contributed by atoms with Gasteiger partial charge in [-0.05, 0) is 0 Å². The quantitative estimate of drug-likeness (QED) is 0.180. The van der Waals surface area contributed by atoms with Gasteiger partial charge in [0.25, 0.3) is 0 Å². The van der Waals surface area contributed by atoms with Gasteiger partial charge in [-0.2, -0.15) is 0 Å². The first-order valence-corrected chi connectivity index (χ1v) is 16.2. The molecule has 0 fully saturated rings. The Hall–Kier alpha value is -5.78. The second-order valence-corrected chi connectivity index (χ2v) is 13.2. The second-order valence-electron chi connectivity index (χ2n) is 11.4. The molecule has 4 aromatic carbocycles. The Kier molecular flexibility index (Phi) is 6.23. The van der Waals surface area contributed by atoms with Gasteiger partial charge >= 0.3 is 245 Å². The maximum atomic E-state index is 13.6. The van der Waals surface area contributed by atoms with Gasteiger partial charge in [0.05, 0.1) is 0 Å². The summed E-state index contributed by atoms with van der Waals surface area (Å²) in [5, 5.41) is 3.23. The van der Waals surface area contributed by atoms with Crippen molar-refractivity contribution < 1.29 is 19.7 Å². The number of amides is 1. The molecule has 2 aliphatic rings. The summed E-state index contributed by atoms with van der Waals surface area (Å²) in [7, 11) is 0. The summed E-state index contributed by atoms with van der Waals surface area (Å²) in [4.78, 5) is 50.8. The van der Waals surface area contributed by atoms with Gasteiger partial charge in [0.15, 0.2) is 0 Å². The Morgan fingerprint density at radius 1 is 0.553 bits per heavy atom. The van der Waals surface area contributed by atoms with Crippen LogP contribution in [0.1, 0.15) is 24.2 Å². The molecular weight excluding hydrogens is 633 g/mol. The van der Waals surface area contributed by atoms with Crippen LogP contribution in [0.2, 0.25) is 4.85 Å². The molecule has 10 nitrogen and oxygen atoms in total. The van der Waals surface area contributed by atoms with E-state index in [1.165, 1.54) is 0 Å². The Morgan fingerprint density at radius 3 is 1.49 bits per heavy atom. The van der Waals surface area contributed by atoms with E-state index in [1.807, 2.05) is 91.0 Å². The van der Waals surface area contributed by atoms with Crippen molar-refractivity contribution in [2.45, 2.75) is 18.7 Å². The van der Waals surface area contributed by atoms with Crippen LogP contribution in [0.3, 0.4) is 0 Å². The predicted octanol–water partition coefficient (Wildman–Crippen LogP) is 7.42. The fraction of sp³-hybridized carbons (Fsp3) is 0.0833. The Morgan fingerprint density at radius 2 is 0.979 bits per heavy atom. The van der Waals surface area contributed by atoms with E-state index in [4.69, 9.17) is 29.9 Å². The molecule has 5 heterocycles. The number of rotatable bonds is 3. The molecule has 9 rings (SSSR count). The molecule has 0 saturated heterocycles. The van der Waals surface area contributed by atoms with Crippen LogP contribution in [0, 0.1) is 0 Å². The molecule has 1 amide bonds. The monoisotopic (exact) mass is 658 g/mol. The number of hydrogen-bond donors (Lipinski definition) is 3. The minimum absolute atomic E-state index is 0.194. The van der Waals surface area contributed by atoms with Crippen LogP contribution in [0.25, 0.3) is 89.7 Å². The normalized spacial score (nSPS) is 12.1. The van der Waals surface area contributed by atoms with Gasteiger partial charge in [-0.3, -0.25) is 0 Å². The fourth-order valence-electron chi connectivity index (χ4n) is 6.06. The number of fused-ring (bicyclic) bond motifs is 20. The van der Waals surface area contributed by atoms with Gasteiger partial charge in [0, 0.05) is 5.39 Å². The number of nitrogens with zero attached hydrogens (tertiary/aromatic N) is 6. The second kappa shape index (κ2) is 10.6. The van der Waals surface area contributed by atoms with E-state index in [-0.39, 0.29) is 10.8 Å². The van der Waals surface area contributed by atoms with Crippen molar-refractivity contribution in [3.05, 3.63) is 96.6 Å². The van der Waals surface area contributed by atoms with Crippen molar-refractivity contribution >= 4 is 50.0 Å². The number of nitrogens with one attached hydrogen (secondary N) is 3. The molecule has 7 aromatic rings. The number of carbonyl (C=O) groups is 1. The minimum atomic E-state index is -0.194. The van der Waals surface area contributed by atoms with Crippen LogP contribution >= 0.6 is 0 Å². The SMILES string of the molecule is C[CH](C)[Co][NH]C(=O)c1cccc2c3nc4nc(nc5[nH]c(nc6nc(nc([nH]3)c12)-c1ccccc1-6)c1ccccc51)-c1ccccc1-4. The molecule has 0 unspecified atom stereocenters. The maximum absolute atomic E-state index is 13.6. The van der Waals surface area contributed by atoms with Crippen molar-refractivity contribution in [2.75, 3.05) is 0 Å². The number of hydrogen-bond acceptors (Lipinski definition) is 7. The summed E-state index contributed by atoms with van der Waals surface area (Å²) >= 11 is 0.856. The number of H-pyrrole nitrogens is 2. The Balaban J connectivity index is 1.45. The molecule has 0 radical (unpaired) electrons. The van der Waals surface area contributed by atoms with Crippen molar-refractivity contribution in [2.24, 2.45) is 0 Å². The van der Waals surface area contributed by atoms with Crippen LogP contribution in [-0.4, -0.2) is 45.8 Å². The van der Waals surface area contributed by atoms with Crippen molar-refractivity contribution in [1.82, 2.24) is 44.2 Å². The van der Waals surface area contributed by atoms with Gasteiger partial charge in [-0.15, -0.1) is 0 Å². The molecule has 3 aromatic heterocycles. The summed E-state index contributed by atoms with van der Waals surface area (Å²) in [6, 6.07) is 29.4. The average molecular weight is 659 g/mol. The van der Waals surface area contributed by atoms with Crippen LogP contribution in [0.5, 0.6) is 0 Å². The van der Waals surface area contributed by atoms with Gasteiger partial charge < -0.3 is 0 Å². The number of benzene rings is 4. The molecule has 11 heteroatoms. The number of aromatic amines is 2. The molecule has 0 atom stereocenters. The number of aromatic nitrogens is 8. The third-order valence-electron chi connectivity index (χ3n) is 8.14. The molecule has 2 aliphatic heterocycles. The zero-order valence-corrected chi connectivity index (χ0v) is 26.2. The van der Waals surface area contributed by atoms with E-state index in [9.17, 15) is 4.79 Å². The molecule has 0 spiro atoms. The van der Waals surface area contributed by atoms with Gasteiger partial charge in [0.1, 0.15) is 0 Å². The molecule has 3 N–H and O–H groups in total. The molecule has 229 valence electrons. The van der Waals surface area contributed by atoms with Gasteiger partial charge in [-0.25, -0.2) is 0 Å². The van der Waals surface area contributed by atoms with E-state index < -0.39 is 0 Å². The fourth-order valence-corrected chi connectivity index (χ4v) is 6.64. The Labute approximate surface area is 274 Å². The van der Waals surface area contributed by atoms with E-state index in [0.717, 1.165) is 53.3 Å². The van der Waals surface area contributed by atoms with Crippen LogP contribution in [-0.2, 0) is 14.9 Å². The van der Waals surface area contributed by atoms with Crippen molar-refractivity contribution in [1.29, 1.82) is 0 Å². The summed E-state index contributed by atoms with van der Waals surface area (Å²) in [6.45, 7) is 4.10. The Bertz CT molecular complexity index is 2600. The van der Waals surface area contributed by atoms with Crippen LogP contribution < -0.4 is 4.37 Å². The topological polar surface area (TPSA) is 138 Å². The van der Waals surface area contributed by atoms with E-state index in [2.05, 4.69) is 28.2 Å². The predicted molar refractivity (Wildman–Crippen MR) is 179 cm³/mol. The summed E-state index contributed by atoms with van der Waals surface area (Å²) in [5.74, 6) is 1.86. The van der Waals surface area contributed by atoms with Crippen molar-refractivity contribution in [3.8, 4) is 45.6 Å². The molecular formula is C36H25CoN9O. The van der Waals surface area contributed by atoms with E-state index in [0.29, 0.717) is 56.8 Å². The summed E-state index contributed by atoms with van der Waals surface area (Å²) in [6.07, 6.45) is 0. The first-order valence-electron chi connectivity index (χ1n) is 15.1. The molecule has 0 aliphatic carbocycles. The van der Waals surface area contributed by atoms with E-state index >= 15 is 0 Å². The molecule has 8 bridgehead atoms. The average Bonchev–Trinajstić information content (AvgIpc) is 3.83. The number of carbonyl (C=O) groups excluding carboxylic acids is 1. The standard InChI is InChI=1S/C33H19N9O.C3H7.Co/c34-25(43)22-14-7-15-23-24(22)33-41-31-21-13-6-5-12-20(21)29(39-31)37-27-17-9-2-1-8-16(17)26(35-27)36-28-18-10-3-4-11-19(18)30(38-28)40-32(23)42-33;1-3-2;/h1-15H,(H4,34,35,36,37,38,39,40,41,42,43);3H,1-2H3;/q;;+1/p-1. The zero-order chi connectivity index (χ0) is 31.6. The molecule has 47 heavy (non-hydrogen) atoms. The first kappa shape index (κ1) is 27.5. The third-order valence-corrected chi connectivity index (χ3v) is 9.13. The first-order chi connectivity index (χ1) is 23.0. The third kappa shape index (κ3) is 4.50. The zero-order valence-electron chi connectivity index (χ0n) is 25.2.